The molecule has 1 aromatic carbocycles. The van der Waals surface area contributed by atoms with Crippen molar-refractivity contribution in [3.8, 4) is 0 Å². The second-order valence-electron chi connectivity index (χ2n) is 6.38. The molecule has 0 bridgehead atoms. The van der Waals surface area contributed by atoms with Gasteiger partial charge in [-0.05, 0) is 30.5 Å². The van der Waals surface area contributed by atoms with Crippen LogP contribution in [0, 0.1) is 0 Å². The summed E-state index contributed by atoms with van der Waals surface area (Å²) < 4.78 is 0. The van der Waals surface area contributed by atoms with E-state index in [2.05, 4.69) is 22.4 Å². The van der Waals surface area contributed by atoms with E-state index in [1.54, 1.807) is 29.4 Å². The second-order valence-corrected chi connectivity index (χ2v) is 6.38. The number of carbonyl (C=O) groups is 2. The summed E-state index contributed by atoms with van der Waals surface area (Å²) in [5.41, 5.74) is 1.94. The third-order valence-electron chi connectivity index (χ3n) is 4.53. The first-order valence-corrected chi connectivity index (χ1v) is 9.00. The van der Waals surface area contributed by atoms with Crippen molar-refractivity contribution in [3.63, 3.8) is 0 Å². The van der Waals surface area contributed by atoms with E-state index in [0.717, 1.165) is 12.8 Å². The van der Waals surface area contributed by atoms with Gasteiger partial charge in [0.25, 0.3) is 0 Å². The Hall–Kier alpha value is -2.89. The minimum atomic E-state index is -0.144. The molecule has 0 saturated carbocycles. The van der Waals surface area contributed by atoms with Gasteiger partial charge in [0.1, 0.15) is 0 Å². The molecule has 3 rings (SSSR count). The molecule has 0 spiro atoms. The summed E-state index contributed by atoms with van der Waals surface area (Å²) in [6.07, 6.45) is 5.60. The third kappa shape index (κ3) is 5.05. The zero-order valence-corrected chi connectivity index (χ0v) is 14.8. The molecule has 6 nitrogen and oxygen atoms in total. The molecule has 26 heavy (non-hydrogen) atoms. The average Bonchev–Trinajstić information content (AvgIpc) is 2.69. The molecule has 2 aromatic rings. The molecule has 2 heterocycles. The molecule has 3 amide bonds. The number of carbonyl (C=O) groups excluding carboxylic acids is 2. The number of urea groups is 1. The van der Waals surface area contributed by atoms with Crippen LogP contribution >= 0.6 is 0 Å². The van der Waals surface area contributed by atoms with Crippen LogP contribution in [-0.2, 0) is 11.2 Å². The molecule has 0 aliphatic carbocycles. The van der Waals surface area contributed by atoms with Crippen LogP contribution in [0.25, 0.3) is 0 Å². The lowest BCUT2D eigenvalue weighted by Crippen LogP contribution is -2.51. The van der Waals surface area contributed by atoms with E-state index in [4.69, 9.17) is 0 Å². The Labute approximate surface area is 153 Å². The Morgan fingerprint density at radius 1 is 0.962 bits per heavy atom. The quantitative estimate of drug-likeness (QED) is 0.900. The Balaban J connectivity index is 1.38. The predicted molar refractivity (Wildman–Crippen MR) is 101 cm³/mol. The van der Waals surface area contributed by atoms with Gasteiger partial charge in [-0.1, -0.05) is 30.3 Å². The fraction of sp³-hybridized carbons (Fsp3) is 0.350. The first kappa shape index (κ1) is 17.9. The molecule has 1 saturated heterocycles. The maximum Gasteiger partial charge on any atom is 0.322 e. The SMILES string of the molecule is O=C(CCCc1ccccc1)N1CCN(C(=O)Nc2cccnc2)CC1. The lowest BCUT2D eigenvalue weighted by molar-refractivity contribution is -0.132. The number of benzene rings is 1. The number of aromatic nitrogens is 1. The summed E-state index contributed by atoms with van der Waals surface area (Å²) in [5, 5.41) is 2.83. The number of amides is 3. The lowest BCUT2D eigenvalue weighted by Gasteiger charge is -2.34. The molecule has 0 atom stereocenters. The highest BCUT2D eigenvalue weighted by Crippen LogP contribution is 2.10. The topological polar surface area (TPSA) is 65.5 Å². The van der Waals surface area contributed by atoms with Crippen LogP contribution < -0.4 is 5.32 Å². The second kappa shape index (κ2) is 8.99. The van der Waals surface area contributed by atoms with Crippen LogP contribution in [-0.4, -0.2) is 52.9 Å². The van der Waals surface area contributed by atoms with E-state index in [9.17, 15) is 9.59 Å². The predicted octanol–water partition coefficient (Wildman–Crippen LogP) is 2.78. The van der Waals surface area contributed by atoms with Gasteiger partial charge in [-0.2, -0.15) is 0 Å². The number of piperazine rings is 1. The molecule has 6 heteroatoms. The summed E-state index contributed by atoms with van der Waals surface area (Å²) >= 11 is 0. The number of hydrogen-bond acceptors (Lipinski definition) is 3. The first-order valence-electron chi connectivity index (χ1n) is 9.00. The first-order chi connectivity index (χ1) is 12.7. The number of anilines is 1. The van der Waals surface area contributed by atoms with E-state index in [0.29, 0.717) is 38.3 Å². The van der Waals surface area contributed by atoms with Crippen LogP contribution in [0.15, 0.2) is 54.9 Å². The summed E-state index contributed by atoms with van der Waals surface area (Å²) in [6.45, 7) is 2.28. The van der Waals surface area contributed by atoms with E-state index in [1.165, 1.54) is 5.56 Å². The standard InChI is InChI=1S/C20H24N4O2/c25-19(10-4-8-17-6-2-1-3-7-17)23-12-14-24(15-13-23)20(26)22-18-9-5-11-21-16-18/h1-3,5-7,9,11,16H,4,8,10,12-15H2,(H,22,26). The number of pyridine rings is 1. The summed E-state index contributed by atoms with van der Waals surface area (Å²) in [4.78, 5) is 32.2. The Kier molecular flexibility index (Phi) is 6.19. The number of nitrogens with one attached hydrogen (secondary N) is 1. The van der Waals surface area contributed by atoms with Crippen LogP contribution in [0.5, 0.6) is 0 Å². The fourth-order valence-electron chi connectivity index (χ4n) is 3.04. The molecule has 0 radical (unpaired) electrons. The van der Waals surface area contributed by atoms with Crippen molar-refractivity contribution in [3.05, 3.63) is 60.4 Å². The number of nitrogens with zero attached hydrogens (tertiary/aromatic N) is 3. The van der Waals surface area contributed by atoms with Gasteiger partial charge in [-0.15, -0.1) is 0 Å². The van der Waals surface area contributed by atoms with Gasteiger partial charge in [0.2, 0.25) is 5.91 Å². The highest BCUT2D eigenvalue weighted by atomic mass is 16.2. The van der Waals surface area contributed by atoms with Crippen molar-refractivity contribution in [2.24, 2.45) is 0 Å². The van der Waals surface area contributed by atoms with Crippen molar-refractivity contribution in [1.29, 1.82) is 0 Å². The number of rotatable bonds is 5. The maximum absolute atomic E-state index is 12.4. The molecule has 1 N–H and O–H groups in total. The Bertz CT molecular complexity index is 713. The Morgan fingerprint density at radius 3 is 2.38 bits per heavy atom. The smallest absolute Gasteiger partial charge is 0.322 e. The minimum Gasteiger partial charge on any atom is -0.339 e. The van der Waals surface area contributed by atoms with Gasteiger partial charge < -0.3 is 15.1 Å². The molecule has 1 aliphatic heterocycles. The zero-order valence-electron chi connectivity index (χ0n) is 14.8. The fourth-order valence-corrected chi connectivity index (χ4v) is 3.04. The molecule has 136 valence electrons. The minimum absolute atomic E-state index is 0.144. The number of hydrogen-bond donors (Lipinski definition) is 1. The van der Waals surface area contributed by atoms with Gasteiger partial charge in [-0.3, -0.25) is 9.78 Å². The largest absolute Gasteiger partial charge is 0.339 e. The van der Waals surface area contributed by atoms with E-state index in [1.807, 2.05) is 23.1 Å². The average molecular weight is 352 g/mol. The van der Waals surface area contributed by atoms with Gasteiger partial charge in [0, 0.05) is 38.8 Å². The van der Waals surface area contributed by atoms with E-state index in [-0.39, 0.29) is 11.9 Å². The molecule has 1 aliphatic rings. The molecular formula is C20H24N4O2. The summed E-state index contributed by atoms with van der Waals surface area (Å²) in [6, 6.07) is 13.7. The summed E-state index contributed by atoms with van der Waals surface area (Å²) in [7, 11) is 0. The van der Waals surface area contributed by atoms with Gasteiger partial charge >= 0.3 is 6.03 Å². The summed E-state index contributed by atoms with van der Waals surface area (Å²) in [5.74, 6) is 0.174. The van der Waals surface area contributed by atoms with Crippen LogP contribution in [0.1, 0.15) is 18.4 Å². The molecule has 1 fully saturated rings. The highest BCUT2D eigenvalue weighted by molar-refractivity contribution is 5.89. The maximum atomic E-state index is 12.4. The van der Waals surface area contributed by atoms with Crippen LogP contribution in [0.4, 0.5) is 10.5 Å². The van der Waals surface area contributed by atoms with Crippen molar-refractivity contribution in [2.45, 2.75) is 19.3 Å². The van der Waals surface area contributed by atoms with Crippen LogP contribution in [0.3, 0.4) is 0 Å². The van der Waals surface area contributed by atoms with Crippen molar-refractivity contribution < 1.29 is 9.59 Å². The van der Waals surface area contributed by atoms with Crippen molar-refractivity contribution in [1.82, 2.24) is 14.8 Å². The van der Waals surface area contributed by atoms with Gasteiger partial charge in [0.05, 0.1) is 11.9 Å². The number of aryl methyl sites for hydroxylation is 1. The van der Waals surface area contributed by atoms with Crippen LogP contribution in [0.2, 0.25) is 0 Å². The third-order valence-corrected chi connectivity index (χ3v) is 4.53. The Morgan fingerprint density at radius 2 is 1.69 bits per heavy atom. The van der Waals surface area contributed by atoms with Gasteiger partial charge in [0.15, 0.2) is 0 Å². The lowest BCUT2D eigenvalue weighted by atomic mass is 10.1. The van der Waals surface area contributed by atoms with Crippen molar-refractivity contribution in [2.75, 3.05) is 31.5 Å². The zero-order chi connectivity index (χ0) is 18.2. The monoisotopic (exact) mass is 352 g/mol. The van der Waals surface area contributed by atoms with E-state index < -0.39 is 0 Å². The molecule has 0 unspecified atom stereocenters. The molecule has 1 aromatic heterocycles. The normalized spacial score (nSPS) is 14.2. The van der Waals surface area contributed by atoms with Crippen molar-refractivity contribution >= 4 is 17.6 Å². The van der Waals surface area contributed by atoms with Gasteiger partial charge in [-0.25, -0.2) is 4.79 Å². The highest BCUT2D eigenvalue weighted by Gasteiger charge is 2.23. The molecular weight excluding hydrogens is 328 g/mol. The van der Waals surface area contributed by atoms with E-state index >= 15 is 0 Å².